The van der Waals surface area contributed by atoms with Crippen LogP contribution < -0.4 is 4.74 Å². The second-order valence-corrected chi connectivity index (χ2v) is 4.05. The van der Waals surface area contributed by atoms with Gasteiger partial charge in [-0.25, -0.2) is 4.98 Å². The smallest absolute Gasteiger partial charge is 0.269 e. The molecule has 1 aromatic carbocycles. The van der Waals surface area contributed by atoms with Crippen molar-refractivity contribution < 1.29 is 14.1 Å². The van der Waals surface area contributed by atoms with Crippen LogP contribution in [-0.2, 0) is 6.61 Å². The number of nitro groups is 1. The Morgan fingerprint density at radius 2 is 2.16 bits per heavy atom. The molecule has 0 amide bonds. The predicted octanol–water partition coefficient (Wildman–Crippen LogP) is 3.36. The lowest BCUT2D eigenvalue weighted by molar-refractivity contribution is -0.384. The highest BCUT2D eigenvalue weighted by Crippen LogP contribution is 2.23. The van der Waals surface area contributed by atoms with Crippen LogP contribution in [0.15, 0.2) is 36.5 Å². The van der Waals surface area contributed by atoms with E-state index in [1.165, 1.54) is 30.5 Å². The molecule has 0 aliphatic rings. The summed E-state index contributed by atoms with van der Waals surface area (Å²) in [5.41, 5.74) is 0.403. The standard InChI is InChI=1S/C12H8ClFN2O3/c13-11-3-1-9(16(17)18)5-8(11)7-19-10-2-4-12(14)15-6-10/h1-6H,7H2. The van der Waals surface area contributed by atoms with E-state index >= 15 is 0 Å². The number of non-ortho nitro benzene ring substituents is 1. The minimum Gasteiger partial charge on any atom is -0.487 e. The minimum atomic E-state index is -0.610. The highest BCUT2D eigenvalue weighted by molar-refractivity contribution is 6.31. The predicted molar refractivity (Wildman–Crippen MR) is 66.6 cm³/mol. The maximum Gasteiger partial charge on any atom is 0.269 e. The molecule has 0 N–H and O–H groups in total. The number of pyridine rings is 1. The molecule has 0 saturated heterocycles. The Bertz CT molecular complexity index is 604. The summed E-state index contributed by atoms with van der Waals surface area (Å²) < 4.78 is 17.9. The second-order valence-electron chi connectivity index (χ2n) is 3.64. The number of hydrogen-bond donors (Lipinski definition) is 0. The Labute approximate surface area is 112 Å². The fourth-order valence-electron chi connectivity index (χ4n) is 1.39. The zero-order valence-electron chi connectivity index (χ0n) is 9.55. The molecule has 19 heavy (non-hydrogen) atoms. The number of aromatic nitrogens is 1. The van der Waals surface area contributed by atoms with E-state index in [0.29, 0.717) is 16.3 Å². The largest absolute Gasteiger partial charge is 0.487 e. The van der Waals surface area contributed by atoms with E-state index in [4.69, 9.17) is 16.3 Å². The molecule has 0 unspecified atom stereocenters. The van der Waals surface area contributed by atoms with Crippen molar-refractivity contribution in [3.05, 3.63) is 63.2 Å². The van der Waals surface area contributed by atoms with Crippen LogP contribution in [0.25, 0.3) is 0 Å². The third-order valence-electron chi connectivity index (χ3n) is 2.33. The summed E-state index contributed by atoms with van der Waals surface area (Å²) in [6, 6.07) is 6.64. The lowest BCUT2D eigenvalue weighted by Gasteiger charge is -2.07. The SMILES string of the molecule is O=[N+]([O-])c1ccc(Cl)c(COc2ccc(F)nc2)c1. The van der Waals surface area contributed by atoms with Crippen molar-refractivity contribution in [1.82, 2.24) is 4.98 Å². The fraction of sp³-hybridized carbons (Fsp3) is 0.0833. The molecule has 2 rings (SSSR count). The van der Waals surface area contributed by atoms with Crippen molar-refractivity contribution >= 4 is 17.3 Å². The second kappa shape index (κ2) is 5.62. The van der Waals surface area contributed by atoms with Crippen LogP contribution in [0.1, 0.15) is 5.56 Å². The number of benzene rings is 1. The zero-order valence-corrected chi connectivity index (χ0v) is 10.3. The van der Waals surface area contributed by atoms with Gasteiger partial charge in [0.25, 0.3) is 5.69 Å². The molecule has 0 spiro atoms. The van der Waals surface area contributed by atoms with Gasteiger partial charge >= 0.3 is 0 Å². The average Bonchev–Trinajstić information content (AvgIpc) is 2.39. The van der Waals surface area contributed by atoms with Crippen LogP contribution in [0.2, 0.25) is 5.02 Å². The maximum atomic E-state index is 12.6. The molecule has 0 atom stereocenters. The normalized spacial score (nSPS) is 10.2. The summed E-state index contributed by atoms with van der Waals surface area (Å²) in [5, 5.41) is 11.0. The summed E-state index contributed by atoms with van der Waals surface area (Å²) in [4.78, 5) is 13.6. The quantitative estimate of drug-likeness (QED) is 0.490. The third kappa shape index (κ3) is 3.38. The molecule has 5 nitrogen and oxygen atoms in total. The molecule has 2 aromatic rings. The highest BCUT2D eigenvalue weighted by atomic mass is 35.5. The van der Waals surface area contributed by atoms with Gasteiger partial charge in [0.05, 0.1) is 11.1 Å². The van der Waals surface area contributed by atoms with Gasteiger partial charge in [-0.15, -0.1) is 0 Å². The Morgan fingerprint density at radius 1 is 1.37 bits per heavy atom. The Balaban J connectivity index is 2.12. The summed E-state index contributed by atoms with van der Waals surface area (Å²) in [6.07, 6.45) is 1.22. The first-order valence-electron chi connectivity index (χ1n) is 5.23. The van der Waals surface area contributed by atoms with E-state index in [9.17, 15) is 14.5 Å². The molecular weight excluding hydrogens is 275 g/mol. The Kier molecular flexibility index (Phi) is 3.91. The van der Waals surface area contributed by atoms with Crippen LogP contribution in [-0.4, -0.2) is 9.91 Å². The summed E-state index contributed by atoms with van der Waals surface area (Å²) in [6.45, 7) is 0.0355. The molecule has 1 heterocycles. The molecule has 0 radical (unpaired) electrons. The van der Waals surface area contributed by atoms with Crippen LogP contribution in [0.3, 0.4) is 0 Å². The average molecular weight is 283 g/mol. The Morgan fingerprint density at radius 3 is 2.79 bits per heavy atom. The number of rotatable bonds is 4. The van der Waals surface area contributed by atoms with Crippen molar-refractivity contribution in [2.75, 3.05) is 0 Å². The van der Waals surface area contributed by atoms with E-state index in [-0.39, 0.29) is 12.3 Å². The fourth-order valence-corrected chi connectivity index (χ4v) is 1.57. The first-order chi connectivity index (χ1) is 9.06. The first kappa shape index (κ1) is 13.2. The number of nitro benzene ring substituents is 1. The van der Waals surface area contributed by atoms with Gasteiger partial charge in [-0.3, -0.25) is 10.1 Å². The molecule has 0 fully saturated rings. The van der Waals surface area contributed by atoms with Crippen LogP contribution in [0.5, 0.6) is 5.75 Å². The van der Waals surface area contributed by atoms with Gasteiger partial charge < -0.3 is 4.74 Å². The summed E-state index contributed by atoms with van der Waals surface area (Å²) >= 11 is 5.91. The lowest BCUT2D eigenvalue weighted by atomic mass is 10.2. The van der Waals surface area contributed by atoms with E-state index in [2.05, 4.69) is 4.98 Å². The molecule has 98 valence electrons. The highest BCUT2D eigenvalue weighted by Gasteiger charge is 2.10. The molecule has 1 aromatic heterocycles. The minimum absolute atomic E-state index is 0.0355. The van der Waals surface area contributed by atoms with Gasteiger partial charge in [0.2, 0.25) is 5.95 Å². The maximum absolute atomic E-state index is 12.6. The van der Waals surface area contributed by atoms with Crippen molar-refractivity contribution in [3.8, 4) is 5.75 Å². The van der Waals surface area contributed by atoms with E-state index in [0.717, 1.165) is 6.07 Å². The van der Waals surface area contributed by atoms with Crippen molar-refractivity contribution in [2.24, 2.45) is 0 Å². The van der Waals surface area contributed by atoms with Gasteiger partial charge in [-0.2, -0.15) is 4.39 Å². The Hall–Kier alpha value is -2.21. The van der Waals surface area contributed by atoms with E-state index in [1.807, 2.05) is 0 Å². The summed E-state index contributed by atoms with van der Waals surface area (Å²) in [7, 11) is 0. The monoisotopic (exact) mass is 282 g/mol. The zero-order chi connectivity index (χ0) is 13.8. The number of hydrogen-bond acceptors (Lipinski definition) is 4. The summed E-state index contributed by atoms with van der Waals surface area (Å²) in [5.74, 6) is -0.260. The van der Waals surface area contributed by atoms with Gasteiger partial charge in [-0.1, -0.05) is 11.6 Å². The third-order valence-corrected chi connectivity index (χ3v) is 2.70. The molecule has 0 bridgehead atoms. The molecular formula is C12H8ClFN2O3. The topological polar surface area (TPSA) is 65.3 Å². The van der Waals surface area contributed by atoms with Crippen LogP contribution in [0, 0.1) is 16.1 Å². The van der Waals surface area contributed by atoms with Crippen LogP contribution >= 0.6 is 11.6 Å². The molecule has 0 aliphatic carbocycles. The van der Waals surface area contributed by atoms with Gasteiger partial charge in [-0.05, 0) is 18.2 Å². The molecule has 7 heteroatoms. The number of nitrogens with zero attached hydrogens (tertiary/aromatic N) is 2. The number of halogens is 2. The van der Waals surface area contributed by atoms with Gasteiger partial charge in [0.15, 0.2) is 0 Å². The van der Waals surface area contributed by atoms with Crippen molar-refractivity contribution in [1.29, 1.82) is 0 Å². The first-order valence-corrected chi connectivity index (χ1v) is 5.61. The van der Waals surface area contributed by atoms with Crippen molar-refractivity contribution in [3.63, 3.8) is 0 Å². The van der Waals surface area contributed by atoms with E-state index in [1.54, 1.807) is 0 Å². The van der Waals surface area contributed by atoms with E-state index < -0.39 is 10.9 Å². The number of ether oxygens (including phenoxy) is 1. The van der Waals surface area contributed by atoms with Crippen molar-refractivity contribution in [2.45, 2.75) is 6.61 Å². The van der Waals surface area contributed by atoms with Gasteiger partial charge in [0, 0.05) is 22.7 Å². The van der Waals surface area contributed by atoms with Gasteiger partial charge in [0.1, 0.15) is 12.4 Å². The molecule has 0 aliphatic heterocycles. The van der Waals surface area contributed by atoms with Crippen LogP contribution in [0.4, 0.5) is 10.1 Å². The lowest BCUT2D eigenvalue weighted by Crippen LogP contribution is -1.98. The molecule has 0 saturated carbocycles.